The largest absolute Gasteiger partial charge is 0.422 e. The maximum Gasteiger partial charge on any atom is 0.344 e. The average Bonchev–Trinajstić information content (AvgIpc) is 2.89. The predicted octanol–water partition coefficient (Wildman–Crippen LogP) is 6.99. The first-order valence-electron chi connectivity index (χ1n) is 11.6. The van der Waals surface area contributed by atoms with Gasteiger partial charge in [0, 0.05) is 11.6 Å². The number of carbonyl (C=O) groups excluding carboxylic acids is 2. The fourth-order valence-corrected chi connectivity index (χ4v) is 4.39. The fourth-order valence-electron chi connectivity index (χ4n) is 4.39. The molecule has 0 aliphatic heterocycles. The van der Waals surface area contributed by atoms with Gasteiger partial charge in [0.1, 0.15) is 5.75 Å². The van der Waals surface area contributed by atoms with Gasteiger partial charge in [-0.1, -0.05) is 78.9 Å². The summed E-state index contributed by atoms with van der Waals surface area (Å²) in [7, 11) is 0. The quantitative estimate of drug-likeness (QED) is 0.221. The second-order valence-electron chi connectivity index (χ2n) is 8.54. The monoisotopic (exact) mass is 472 g/mol. The molecule has 0 saturated heterocycles. The van der Waals surface area contributed by atoms with Crippen LogP contribution in [0.4, 0.5) is 5.69 Å². The molecule has 0 aliphatic carbocycles. The molecule has 0 radical (unpaired) electrons. The first-order chi connectivity index (χ1) is 17.5. The van der Waals surface area contributed by atoms with E-state index in [9.17, 15) is 9.59 Å². The van der Waals surface area contributed by atoms with Crippen LogP contribution in [-0.4, -0.2) is 16.9 Å². The summed E-state index contributed by atoms with van der Waals surface area (Å²) in [5, 5.41) is 3.91. The number of nitrogens with one attached hydrogen (secondary N) is 1. The number of ether oxygens (including phenoxy) is 1. The minimum Gasteiger partial charge on any atom is -0.422 e. The maximum absolute atomic E-state index is 13.8. The number of aryl methyl sites for hydroxylation is 2. The molecule has 1 amide bonds. The Kier molecular flexibility index (Phi) is 6.29. The summed E-state index contributed by atoms with van der Waals surface area (Å²) in [5.74, 6) is -0.705. The molecule has 0 fully saturated rings. The van der Waals surface area contributed by atoms with Gasteiger partial charge < -0.3 is 10.1 Å². The zero-order valence-electron chi connectivity index (χ0n) is 20.0. The third-order valence-corrected chi connectivity index (χ3v) is 6.11. The van der Waals surface area contributed by atoms with Gasteiger partial charge in [-0.3, -0.25) is 9.78 Å². The fraction of sp³-hybridized carbons (Fsp3) is 0.0645. The molecule has 1 heterocycles. The van der Waals surface area contributed by atoms with Crippen LogP contribution in [-0.2, 0) is 0 Å². The number of hydrogen-bond acceptors (Lipinski definition) is 4. The molecule has 5 heteroatoms. The highest BCUT2D eigenvalue weighted by atomic mass is 16.5. The van der Waals surface area contributed by atoms with Crippen molar-refractivity contribution in [1.29, 1.82) is 0 Å². The van der Waals surface area contributed by atoms with E-state index < -0.39 is 11.9 Å². The van der Waals surface area contributed by atoms with Crippen LogP contribution < -0.4 is 10.1 Å². The first kappa shape index (κ1) is 23.0. The van der Waals surface area contributed by atoms with Crippen LogP contribution in [0.5, 0.6) is 5.75 Å². The van der Waals surface area contributed by atoms with Crippen molar-refractivity contribution in [1.82, 2.24) is 4.98 Å². The van der Waals surface area contributed by atoms with Crippen molar-refractivity contribution in [2.45, 2.75) is 13.8 Å². The molecular formula is C31H24N2O3. The van der Waals surface area contributed by atoms with Gasteiger partial charge in [-0.2, -0.15) is 0 Å². The lowest BCUT2D eigenvalue weighted by atomic mass is 9.98. The van der Waals surface area contributed by atoms with E-state index in [1.54, 1.807) is 24.4 Å². The highest BCUT2D eigenvalue weighted by molar-refractivity contribution is 6.13. The van der Waals surface area contributed by atoms with Crippen LogP contribution in [0.25, 0.3) is 22.0 Å². The number of para-hydroxylation sites is 1. The number of carbonyl (C=O) groups is 2. The lowest BCUT2D eigenvalue weighted by molar-refractivity contribution is 0.0731. The molecule has 1 N–H and O–H groups in total. The standard InChI is InChI=1S/C31H24N2O3/c1-20-10-6-11-21(2)27(20)31(35)36-26-18-8-16-24(22-12-4-3-5-13-22)28(26)30(34)33-25-17-7-14-23-15-9-19-32-29(23)25/h3-19H,1-2H3,(H,33,34). The molecule has 0 atom stereocenters. The normalized spacial score (nSPS) is 10.7. The number of pyridine rings is 1. The lowest BCUT2D eigenvalue weighted by Crippen LogP contribution is -2.18. The summed E-state index contributed by atoms with van der Waals surface area (Å²) < 4.78 is 5.89. The Hall–Kier alpha value is -4.77. The van der Waals surface area contributed by atoms with Crippen LogP contribution in [0.15, 0.2) is 103 Å². The van der Waals surface area contributed by atoms with Gasteiger partial charge in [-0.25, -0.2) is 4.79 Å². The van der Waals surface area contributed by atoms with E-state index in [0.717, 1.165) is 22.1 Å². The van der Waals surface area contributed by atoms with Gasteiger partial charge in [0.2, 0.25) is 0 Å². The number of rotatable bonds is 5. The average molecular weight is 473 g/mol. The van der Waals surface area contributed by atoms with Crippen LogP contribution >= 0.6 is 0 Å². The van der Waals surface area contributed by atoms with Crippen molar-refractivity contribution in [2.24, 2.45) is 0 Å². The Balaban J connectivity index is 1.60. The molecule has 1 aromatic heterocycles. The second kappa shape index (κ2) is 9.84. The molecule has 36 heavy (non-hydrogen) atoms. The van der Waals surface area contributed by atoms with Gasteiger partial charge in [0.05, 0.1) is 22.3 Å². The van der Waals surface area contributed by atoms with Crippen molar-refractivity contribution >= 4 is 28.5 Å². The van der Waals surface area contributed by atoms with E-state index >= 15 is 0 Å². The molecule has 176 valence electrons. The molecule has 5 rings (SSSR count). The van der Waals surface area contributed by atoms with Crippen molar-refractivity contribution < 1.29 is 14.3 Å². The number of esters is 1. The van der Waals surface area contributed by atoms with E-state index in [0.29, 0.717) is 22.3 Å². The molecule has 4 aromatic carbocycles. The van der Waals surface area contributed by atoms with E-state index in [1.807, 2.05) is 92.7 Å². The molecular weight excluding hydrogens is 448 g/mol. The molecule has 0 aliphatic rings. The van der Waals surface area contributed by atoms with Gasteiger partial charge in [-0.05, 0) is 54.3 Å². The minimum atomic E-state index is -0.503. The van der Waals surface area contributed by atoms with Crippen molar-refractivity contribution in [3.63, 3.8) is 0 Å². The van der Waals surface area contributed by atoms with Crippen molar-refractivity contribution in [3.8, 4) is 16.9 Å². The van der Waals surface area contributed by atoms with Crippen molar-refractivity contribution in [2.75, 3.05) is 5.32 Å². The van der Waals surface area contributed by atoms with E-state index in [-0.39, 0.29) is 11.3 Å². The summed E-state index contributed by atoms with van der Waals surface area (Å²) in [6.45, 7) is 3.73. The molecule has 0 unspecified atom stereocenters. The Morgan fingerprint density at radius 3 is 2.19 bits per heavy atom. The summed E-state index contributed by atoms with van der Waals surface area (Å²) in [4.78, 5) is 31.5. The molecule has 0 bridgehead atoms. The molecule has 5 aromatic rings. The minimum absolute atomic E-state index is 0.190. The molecule has 5 nitrogen and oxygen atoms in total. The third kappa shape index (κ3) is 4.46. The van der Waals surface area contributed by atoms with Gasteiger partial charge in [0.25, 0.3) is 5.91 Å². The van der Waals surface area contributed by atoms with Crippen LogP contribution in [0.2, 0.25) is 0 Å². The van der Waals surface area contributed by atoms with Gasteiger partial charge in [-0.15, -0.1) is 0 Å². The zero-order chi connectivity index (χ0) is 25.1. The highest BCUT2D eigenvalue weighted by Gasteiger charge is 2.23. The van der Waals surface area contributed by atoms with Crippen LogP contribution in [0.3, 0.4) is 0 Å². The van der Waals surface area contributed by atoms with Gasteiger partial charge >= 0.3 is 5.97 Å². The SMILES string of the molecule is Cc1cccc(C)c1C(=O)Oc1cccc(-c2ccccc2)c1C(=O)Nc1cccc2cccnc12. The van der Waals surface area contributed by atoms with Gasteiger partial charge in [0.15, 0.2) is 0 Å². The Bertz CT molecular complexity index is 1570. The summed E-state index contributed by atoms with van der Waals surface area (Å²) >= 11 is 0. The van der Waals surface area contributed by atoms with E-state index in [4.69, 9.17) is 4.74 Å². The number of nitrogens with zero attached hydrogens (tertiary/aromatic N) is 1. The van der Waals surface area contributed by atoms with E-state index in [1.165, 1.54) is 0 Å². The van der Waals surface area contributed by atoms with Crippen LogP contribution in [0.1, 0.15) is 31.8 Å². The van der Waals surface area contributed by atoms with Crippen molar-refractivity contribution in [3.05, 3.63) is 126 Å². The highest BCUT2D eigenvalue weighted by Crippen LogP contribution is 2.33. The number of anilines is 1. The topological polar surface area (TPSA) is 68.3 Å². The first-order valence-corrected chi connectivity index (χ1v) is 11.6. The zero-order valence-corrected chi connectivity index (χ0v) is 20.0. The number of fused-ring (bicyclic) bond motifs is 1. The van der Waals surface area contributed by atoms with E-state index in [2.05, 4.69) is 10.3 Å². The molecule has 0 spiro atoms. The number of amides is 1. The predicted molar refractivity (Wildman–Crippen MR) is 142 cm³/mol. The molecule has 0 saturated carbocycles. The summed E-state index contributed by atoms with van der Waals surface area (Å²) in [6.07, 6.45) is 1.69. The third-order valence-electron chi connectivity index (χ3n) is 6.11. The number of aromatic nitrogens is 1. The Morgan fingerprint density at radius 2 is 1.42 bits per heavy atom. The Labute approximate surface area is 209 Å². The second-order valence-corrected chi connectivity index (χ2v) is 8.54. The van der Waals surface area contributed by atoms with Crippen LogP contribution in [0, 0.1) is 13.8 Å². The number of benzene rings is 4. The lowest BCUT2D eigenvalue weighted by Gasteiger charge is -2.16. The number of hydrogen-bond donors (Lipinski definition) is 1. The maximum atomic E-state index is 13.8. The smallest absolute Gasteiger partial charge is 0.344 e. The summed E-state index contributed by atoms with van der Waals surface area (Å²) in [6, 6.07) is 29.9. The summed E-state index contributed by atoms with van der Waals surface area (Å²) in [5.41, 5.74) is 5.15. The Morgan fingerprint density at radius 1 is 0.722 bits per heavy atom.